The van der Waals surface area contributed by atoms with Gasteiger partial charge in [-0.3, -0.25) is 4.79 Å². The van der Waals surface area contributed by atoms with E-state index in [1.807, 2.05) is 0 Å². The summed E-state index contributed by atoms with van der Waals surface area (Å²) in [5.41, 5.74) is 0. The van der Waals surface area contributed by atoms with Crippen LogP contribution >= 0.6 is 0 Å². The second kappa shape index (κ2) is 7.22. The van der Waals surface area contributed by atoms with Gasteiger partial charge in [-0.15, -0.1) is 0 Å². The van der Waals surface area contributed by atoms with Crippen LogP contribution in [0.1, 0.15) is 32.6 Å². The van der Waals surface area contributed by atoms with Crippen LogP contribution in [0.5, 0.6) is 0 Å². The van der Waals surface area contributed by atoms with Crippen molar-refractivity contribution in [3.05, 3.63) is 0 Å². The molecular formula is C11H19NO4. The number of hydrogen-bond acceptors (Lipinski definition) is 4. The molecule has 92 valence electrons. The van der Waals surface area contributed by atoms with E-state index in [0.717, 1.165) is 19.3 Å². The lowest BCUT2D eigenvalue weighted by molar-refractivity contribution is -0.142. The van der Waals surface area contributed by atoms with Crippen LogP contribution in [-0.2, 0) is 19.1 Å². The highest BCUT2D eigenvalue weighted by molar-refractivity contribution is 5.85. The molecule has 1 amide bonds. The van der Waals surface area contributed by atoms with E-state index in [2.05, 4.69) is 12.2 Å². The molecule has 16 heavy (non-hydrogen) atoms. The Morgan fingerprint density at radius 2 is 2.38 bits per heavy atom. The number of unbranched alkanes of at least 4 members (excludes halogenated alkanes) is 2. The molecule has 0 radical (unpaired) electrons. The van der Waals surface area contributed by atoms with Crippen LogP contribution in [0.3, 0.4) is 0 Å². The van der Waals surface area contributed by atoms with Gasteiger partial charge in [-0.1, -0.05) is 19.8 Å². The van der Waals surface area contributed by atoms with E-state index < -0.39 is 6.04 Å². The second-order valence-corrected chi connectivity index (χ2v) is 3.84. The van der Waals surface area contributed by atoms with Crippen molar-refractivity contribution in [1.82, 2.24) is 5.32 Å². The molecule has 1 heterocycles. The quantitative estimate of drug-likeness (QED) is 0.513. The van der Waals surface area contributed by atoms with E-state index >= 15 is 0 Å². The van der Waals surface area contributed by atoms with Gasteiger partial charge in [0.05, 0.1) is 6.61 Å². The molecule has 1 aliphatic heterocycles. The van der Waals surface area contributed by atoms with Crippen LogP contribution in [-0.4, -0.2) is 37.7 Å². The minimum Gasteiger partial charge on any atom is -0.464 e. The predicted octanol–water partition coefficient (Wildman–Crippen LogP) is 0.625. The van der Waals surface area contributed by atoms with Gasteiger partial charge in [0.1, 0.15) is 12.6 Å². The highest BCUT2D eigenvalue weighted by Crippen LogP contribution is 2.05. The smallest absolute Gasteiger partial charge is 0.328 e. The molecule has 1 aliphatic rings. The molecule has 0 bridgehead atoms. The summed E-state index contributed by atoms with van der Waals surface area (Å²) in [6, 6.07) is -0.480. The standard InChI is InChI=1S/C11H19NO4/c1-2-3-4-6-15-8-10(13)12-9-5-7-16-11(9)14/h9H,2-8H2,1H3,(H,12,13)/t9-/m0/s1. The Labute approximate surface area is 95.5 Å². The lowest BCUT2D eigenvalue weighted by atomic mass is 10.2. The molecular weight excluding hydrogens is 210 g/mol. The number of nitrogens with one attached hydrogen (secondary N) is 1. The molecule has 1 fully saturated rings. The second-order valence-electron chi connectivity index (χ2n) is 3.84. The summed E-state index contributed by atoms with van der Waals surface area (Å²) in [6.45, 7) is 3.11. The fourth-order valence-electron chi connectivity index (χ4n) is 1.48. The average molecular weight is 229 g/mol. The fraction of sp³-hybridized carbons (Fsp3) is 0.818. The van der Waals surface area contributed by atoms with Gasteiger partial charge in [0.15, 0.2) is 0 Å². The van der Waals surface area contributed by atoms with Crippen molar-refractivity contribution >= 4 is 11.9 Å². The third-order valence-corrected chi connectivity index (χ3v) is 2.40. The molecule has 1 rings (SSSR count). The molecule has 1 saturated heterocycles. The number of rotatable bonds is 7. The lowest BCUT2D eigenvalue weighted by Crippen LogP contribution is -2.39. The van der Waals surface area contributed by atoms with Crippen molar-refractivity contribution in [2.24, 2.45) is 0 Å². The molecule has 0 aliphatic carbocycles. The maximum Gasteiger partial charge on any atom is 0.328 e. The van der Waals surface area contributed by atoms with Gasteiger partial charge in [-0.05, 0) is 6.42 Å². The zero-order chi connectivity index (χ0) is 11.8. The first-order valence-electron chi connectivity index (χ1n) is 5.77. The molecule has 0 spiro atoms. The summed E-state index contributed by atoms with van der Waals surface area (Å²) in [6.07, 6.45) is 3.76. The fourth-order valence-corrected chi connectivity index (χ4v) is 1.48. The van der Waals surface area contributed by atoms with Gasteiger partial charge in [0.2, 0.25) is 5.91 Å². The number of esters is 1. The Morgan fingerprint density at radius 3 is 3.00 bits per heavy atom. The third-order valence-electron chi connectivity index (χ3n) is 2.40. The Bertz CT molecular complexity index is 242. The van der Waals surface area contributed by atoms with Crippen LogP contribution in [0.2, 0.25) is 0 Å². The Morgan fingerprint density at radius 1 is 1.56 bits per heavy atom. The zero-order valence-electron chi connectivity index (χ0n) is 9.66. The van der Waals surface area contributed by atoms with Crippen molar-refractivity contribution in [1.29, 1.82) is 0 Å². The SMILES string of the molecule is CCCCCOCC(=O)N[C@H]1CCOC1=O. The maximum absolute atomic E-state index is 11.3. The van der Waals surface area contributed by atoms with Crippen LogP contribution in [0.25, 0.3) is 0 Å². The number of carbonyl (C=O) groups excluding carboxylic acids is 2. The maximum atomic E-state index is 11.3. The summed E-state index contributed by atoms with van der Waals surface area (Å²) in [7, 11) is 0. The van der Waals surface area contributed by atoms with Crippen molar-refractivity contribution < 1.29 is 19.1 Å². The molecule has 0 saturated carbocycles. The first kappa shape index (κ1) is 13.0. The summed E-state index contributed by atoms with van der Waals surface area (Å²) in [5, 5.41) is 2.58. The summed E-state index contributed by atoms with van der Waals surface area (Å²) in [5.74, 6) is -0.598. The highest BCUT2D eigenvalue weighted by atomic mass is 16.5. The molecule has 0 aromatic carbocycles. The first-order chi connectivity index (χ1) is 7.74. The van der Waals surface area contributed by atoms with Gasteiger partial charge in [0, 0.05) is 13.0 Å². The third kappa shape index (κ3) is 4.61. The molecule has 5 nitrogen and oxygen atoms in total. The molecule has 0 aromatic rings. The van der Waals surface area contributed by atoms with Gasteiger partial charge in [0.25, 0.3) is 0 Å². The number of ether oxygens (including phenoxy) is 2. The number of hydrogen-bond donors (Lipinski definition) is 1. The Hall–Kier alpha value is -1.10. The van der Waals surface area contributed by atoms with Crippen LogP contribution in [0.15, 0.2) is 0 Å². The summed E-state index contributed by atoms with van der Waals surface area (Å²) in [4.78, 5) is 22.4. The Balaban J connectivity index is 2.04. The predicted molar refractivity (Wildman–Crippen MR) is 57.9 cm³/mol. The topological polar surface area (TPSA) is 64.6 Å². The summed E-state index contributed by atoms with van der Waals surface area (Å²) < 4.78 is 9.91. The normalized spacial score (nSPS) is 19.6. The molecule has 5 heteroatoms. The van der Waals surface area contributed by atoms with Crippen LogP contribution in [0, 0.1) is 0 Å². The van der Waals surface area contributed by atoms with E-state index in [1.54, 1.807) is 0 Å². The van der Waals surface area contributed by atoms with E-state index in [4.69, 9.17) is 9.47 Å². The number of carbonyl (C=O) groups is 2. The average Bonchev–Trinajstić information content (AvgIpc) is 2.64. The van der Waals surface area contributed by atoms with E-state index in [-0.39, 0.29) is 18.5 Å². The number of amides is 1. The zero-order valence-corrected chi connectivity index (χ0v) is 9.66. The van der Waals surface area contributed by atoms with E-state index in [9.17, 15) is 9.59 Å². The Kier molecular flexibility index (Phi) is 5.85. The van der Waals surface area contributed by atoms with Gasteiger partial charge >= 0.3 is 5.97 Å². The molecule has 1 N–H and O–H groups in total. The largest absolute Gasteiger partial charge is 0.464 e. The minimum absolute atomic E-state index is 0.0213. The number of cyclic esters (lactones) is 1. The molecule has 1 atom stereocenters. The molecule has 0 unspecified atom stereocenters. The van der Waals surface area contributed by atoms with Crippen molar-refractivity contribution in [2.75, 3.05) is 19.8 Å². The van der Waals surface area contributed by atoms with Crippen molar-refractivity contribution in [2.45, 2.75) is 38.6 Å². The first-order valence-corrected chi connectivity index (χ1v) is 5.77. The lowest BCUT2D eigenvalue weighted by Gasteiger charge is -2.08. The monoisotopic (exact) mass is 229 g/mol. The van der Waals surface area contributed by atoms with Crippen LogP contribution < -0.4 is 5.32 Å². The molecule has 0 aromatic heterocycles. The minimum atomic E-state index is -0.480. The van der Waals surface area contributed by atoms with Gasteiger partial charge in [-0.2, -0.15) is 0 Å². The summed E-state index contributed by atoms with van der Waals surface area (Å²) >= 11 is 0. The van der Waals surface area contributed by atoms with E-state index in [1.165, 1.54) is 0 Å². The van der Waals surface area contributed by atoms with E-state index in [0.29, 0.717) is 19.6 Å². The van der Waals surface area contributed by atoms with Crippen molar-refractivity contribution in [3.63, 3.8) is 0 Å². The van der Waals surface area contributed by atoms with Crippen LogP contribution in [0.4, 0.5) is 0 Å². The highest BCUT2D eigenvalue weighted by Gasteiger charge is 2.27. The van der Waals surface area contributed by atoms with Gasteiger partial charge in [-0.25, -0.2) is 4.79 Å². The van der Waals surface area contributed by atoms with Crippen molar-refractivity contribution in [3.8, 4) is 0 Å². The van der Waals surface area contributed by atoms with Gasteiger partial charge < -0.3 is 14.8 Å².